The average molecular weight is 158 g/mol. The lowest BCUT2D eigenvalue weighted by atomic mass is 10.3. The molecule has 0 aromatic carbocycles. The molecule has 1 aliphatic heterocycles. The van der Waals surface area contributed by atoms with Gasteiger partial charge in [0.1, 0.15) is 6.23 Å². The molecule has 1 N–H and O–H groups in total. The van der Waals surface area contributed by atoms with Gasteiger partial charge in [-0.3, -0.25) is 5.32 Å². The molecule has 0 aliphatic carbocycles. The van der Waals surface area contributed by atoms with Crippen LogP contribution in [-0.4, -0.2) is 44.4 Å². The maximum Gasteiger partial charge on any atom is 0.109 e. The van der Waals surface area contributed by atoms with Gasteiger partial charge in [0, 0.05) is 12.6 Å². The SMILES string of the molecule is CC1COC(CCN(C)C)N1. The number of hydrogen-bond acceptors (Lipinski definition) is 3. The van der Waals surface area contributed by atoms with Crippen LogP contribution in [0.1, 0.15) is 13.3 Å². The first-order chi connectivity index (χ1) is 5.18. The van der Waals surface area contributed by atoms with Gasteiger partial charge in [-0.2, -0.15) is 0 Å². The summed E-state index contributed by atoms with van der Waals surface area (Å²) in [6.45, 7) is 4.10. The number of rotatable bonds is 3. The van der Waals surface area contributed by atoms with Gasteiger partial charge in [-0.05, 0) is 27.4 Å². The lowest BCUT2D eigenvalue weighted by Crippen LogP contribution is -2.31. The molecule has 1 fully saturated rings. The molecule has 3 nitrogen and oxygen atoms in total. The van der Waals surface area contributed by atoms with Crippen molar-refractivity contribution in [1.29, 1.82) is 0 Å². The fraction of sp³-hybridized carbons (Fsp3) is 1.00. The predicted octanol–water partition coefficient (Wildman–Crippen LogP) is 0.272. The smallest absolute Gasteiger partial charge is 0.109 e. The molecule has 2 unspecified atom stereocenters. The van der Waals surface area contributed by atoms with E-state index in [1.54, 1.807) is 0 Å². The second-order valence-corrected chi connectivity index (χ2v) is 3.48. The Kier molecular flexibility index (Phi) is 3.30. The average Bonchev–Trinajstić information content (AvgIpc) is 2.31. The Hall–Kier alpha value is -0.120. The van der Waals surface area contributed by atoms with Crippen molar-refractivity contribution in [2.75, 3.05) is 27.2 Å². The Morgan fingerprint density at radius 2 is 2.27 bits per heavy atom. The van der Waals surface area contributed by atoms with E-state index >= 15 is 0 Å². The third-order valence-corrected chi connectivity index (χ3v) is 1.86. The highest BCUT2D eigenvalue weighted by Gasteiger charge is 2.19. The summed E-state index contributed by atoms with van der Waals surface area (Å²) in [6, 6.07) is 0.530. The lowest BCUT2D eigenvalue weighted by Gasteiger charge is -2.14. The Morgan fingerprint density at radius 3 is 2.73 bits per heavy atom. The van der Waals surface area contributed by atoms with E-state index in [2.05, 4.69) is 31.2 Å². The van der Waals surface area contributed by atoms with Crippen LogP contribution in [-0.2, 0) is 4.74 Å². The Balaban J connectivity index is 2.08. The van der Waals surface area contributed by atoms with Crippen molar-refractivity contribution >= 4 is 0 Å². The first-order valence-electron chi connectivity index (χ1n) is 4.21. The second kappa shape index (κ2) is 4.04. The van der Waals surface area contributed by atoms with Gasteiger partial charge in [-0.25, -0.2) is 0 Å². The van der Waals surface area contributed by atoms with E-state index in [0.717, 1.165) is 19.6 Å². The van der Waals surface area contributed by atoms with Crippen LogP contribution in [0, 0.1) is 0 Å². The summed E-state index contributed by atoms with van der Waals surface area (Å²) in [5.41, 5.74) is 0. The molecule has 1 saturated heterocycles. The van der Waals surface area contributed by atoms with Crippen LogP contribution >= 0.6 is 0 Å². The van der Waals surface area contributed by atoms with Crippen molar-refractivity contribution in [2.24, 2.45) is 0 Å². The van der Waals surface area contributed by atoms with Gasteiger partial charge in [0.15, 0.2) is 0 Å². The van der Waals surface area contributed by atoms with E-state index in [1.807, 2.05) is 0 Å². The molecular weight excluding hydrogens is 140 g/mol. The minimum atomic E-state index is 0.285. The van der Waals surface area contributed by atoms with Crippen LogP contribution in [0.3, 0.4) is 0 Å². The number of ether oxygens (including phenoxy) is 1. The minimum absolute atomic E-state index is 0.285. The molecule has 66 valence electrons. The van der Waals surface area contributed by atoms with Crippen molar-refractivity contribution in [3.63, 3.8) is 0 Å². The molecule has 3 heteroatoms. The molecule has 0 bridgehead atoms. The fourth-order valence-electron chi connectivity index (χ4n) is 1.22. The molecule has 1 aliphatic rings. The van der Waals surface area contributed by atoms with Gasteiger partial charge in [0.25, 0.3) is 0 Å². The molecule has 1 heterocycles. The third kappa shape index (κ3) is 3.18. The summed E-state index contributed by atoms with van der Waals surface area (Å²) in [6.07, 6.45) is 1.37. The highest BCUT2D eigenvalue weighted by atomic mass is 16.5. The molecule has 0 spiro atoms. The highest BCUT2D eigenvalue weighted by molar-refractivity contribution is 4.71. The third-order valence-electron chi connectivity index (χ3n) is 1.86. The standard InChI is InChI=1S/C8H18N2O/c1-7-6-11-8(9-7)4-5-10(2)3/h7-9H,4-6H2,1-3H3. The summed E-state index contributed by atoms with van der Waals surface area (Å²) < 4.78 is 5.48. The monoisotopic (exact) mass is 158 g/mol. The Bertz CT molecular complexity index is 117. The zero-order valence-electron chi connectivity index (χ0n) is 7.63. The molecule has 2 atom stereocenters. The first kappa shape index (κ1) is 8.97. The molecule has 1 rings (SSSR count). The Labute approximate surface area is 68.7 Å². The van der Waals surface area contributed by atoms with Gasteiger partial charge < -0.3 is 9.64 Å². The summed E-state index contributed by atoms with van der Waals surface area (Å²) >= 11 is 0. The molecule has 0 amide bonds. The number of nitrogens with one attached hydrogen (secondary N) is 1. The Morgan fingerprint density at radius 1 is 1.55 bits per heavy atom. The minimum Gasteiger partial charge on any atom is -0.362 e. The fourth-order valence-corrected chi connectivity index (χ4v) is 1.22. The summed E-state index contributed by atoms with van der Waals surface area (Å²) in [5.74, 6) is 0. The first-order valence-corrected chi connectivity index (χ1v) is 4.21. The summed E-state index contributed by atoms with van der Waals surface area (Å²) in [4.78, 5) is 2.17. The van der Waals surface area contributed by atoms with Gasteiger partial charge >= 0.3 is 0 Å². The number of nitrogens with zero attached hydrogens (tertiary/aromatic N) is 1. The largest absolute Gasteiger partial charge is 0.362 e. The summed E-state index contributed by atoms with van der Waals surface area (Å²) in [5, 5.41) is 3.36. The second-order valence-electron chi connectivity index (χ2n) is 3.48. The van der Waals surface area contributed by atoms with Crippen molar-refractivity contribution in [2.45, 2.75) is 25.6 Å². The van der Waals surface area contributed by atoms with Crippen LogP contribution < -0.4 is 5.32 Å². The molecular formula is C8H18N2O. The van der Waals surface area contributed by atoms with E-state index in [1.165, 1.54) is 0 Å². The summed E-state index contributed by atoms with van der Waals surface area (Å²) in [7, 11) is 4.16. The van der Waals surface area contributed by atoms with Gasteiger partial charge in [-0.1, -0.05) is 0 Å². The molecule has 0 radical (unpaired) electrons. The zero-order chi connectivity index (χ0) is 8.27. The maximum atomic E-state index is 5.48. The van der Waals surface area contributed by atoms with E-state index in [4.69, 9.17) is 4.74 Å². The highest BCUT2D eigenvalue weighted by Crippen LogP contribution is 2.05. The van der Waals surface area contributed by atoms with Crippen LogP contribution in [0.5, 0.6) is 0 Å². The topological polar surface area (TPSA) is 24.5 Å². The molecule has 0 saturated carbocycles. The maximum absolute atomic E-state index is 5.48. The predicted molar refractivity (Wildman–Crippen MR) is 45.5 cm³/mol. The number of hydrogen-bond donors (Lipinski definition) is 1. The van der Waals surface area contributed by atoms with Crippen molar-refractivity contribution < 1.29 is 4.74 Å². The van der Waals surface area contributed by atoms with Gasteiger partial charge in [-0.15, -0.1) is 0 Å². The normalized spacial score (nSPS) is 31.6. The van der Waals surface area contributed by atoms with E-state index in [0.29, 0.717) is 6.04 Å². The van der Waals surface area contributed by atoms with E-state index in [-0.39, 0.29) is 6.23 Å². The van der Waals surface area contributed by atoms with Crippen LogP contribution in [0.2, 0.25) is 0 Å². The van der Waals surface area contributed by atoms with E-state index < -0.39 is 0 Å². The van der Waals surface area contributed by atoms with Crippen LogP contribution in [0.4, 0.5) is 0 Å². The van der Waals surface area contributed by atoms with Crippen molar-refractivity contribution in [1.82, 2.24) is 10.2 Å². The van der Waals surface area contributed by atoms with E-state index in [9.17, 15) is 0 Å². The van der Waals surface area contributed by atoms with Crippen molar-refractivity contribution in [3.8, 4) is 0 Å². The molecule has 0 aromatic rings. The van der Waals surface area contributed by atoms with Crippen LogP contribution in [0.25, 0.3) is 0 Å². The molecule has 11 heavy (non-hydrogen) atoms. The van der Waals surface area contributed by atoms with Gasteiger partial charge in [0.05, 0.1) is 6.61 Å². The molecule has 0 aromatic heterocycles. The zero-order valence-corrected chi connectivity index (χ0v) is 7.63. The lowest BCUT2D eigenvalue weighted by molar-refractivity contribution is 0.0869. The van der Waals surface area contributed by atoms with Crippen LogP contribution in [0.15, 0.2) is 0 Å². The van der Waals surface area contributed by atoms with Gasteiger partial charge in [0.2, 0.25) is 0 Å². The quantitative estimate of drug-likeness (QED) is 0.638. The van der Waals surface area contributed by atoms with Crippen molar-refractivity contribution in [3.05, 3.63) is 0 Å².